The van der Waals surface area contributed by atoms with Crippen LogP contribution in [0.5, 0.6) is 23.0 Å². The third-order valence-corrected chi connectivity index (χ3v) is 5.99. The van der Waals surface area contributed by atoms with E-state index in [0.29, 0.717) is 24.3 Å². The molecule has 0 atom stereocenters. The summed E-state index contributed by atoms with van der Waals surface area (Å²) in [5, 5.41) is 21.8. The molecule has 182 valence electrons. The molecule has 3 aromatic carbocycles. The minimum Gasteiger partial charge on any atom is -0.507 e. The van der Waals surface area contributed by atoms with E-state index in [1.165, 1.54) is 11.6 Å². The van der Waals surface area contributed by atoms with Gasteiger partial charge in [0.15, 0.2) is 11.5 Å². The lowest BCUT2D eigenvalue weighted by molar-refractivity contribution is 0.0693. The number of phenols is 1. The van der Waals surface area contributed by atoms with E-state index < -0.39 is 5.97 Å². The van der Waals surface area contributed by atoms with Gasteiger partial charge in [-0.1, -0.05) is 44.4 Å². The molecule has 0 saturated carbocycles. The first-order chi connectivity index (χ1) is 16.5. The molecule has 3 rings (SSSR count). The highest BCUT2D eigenvalue weighted by molar-refractivity contribution is 5.91. The maximum Gasteiger partial charge on any atom is 0.339 e. The Morgan fingerprint density at radius 1 is 0.824 bits per heavy atom. The maximum absolute atomic E-state index is 11.3. The van der Waals surface area contributed by atoms with E-state index in [-0.39, 0.29) is 11.3 Å². The van der Waals surface area contributed by atoms with E-state index in [9.17, 15) is 15.0 Å². The van der Waals surface area contributed by atoms with Crippen molar-refractivity contribution in [1.82, 2.24) is 0 Å². The van der Waals surface area contributed by atoms with Crippen LogP contribution in [0.15, 0.2) is 42.5 Å². The topological polar surface area (TPSA) is 85.2 Å². The van der Waals surface area contributed by atoms with Crippen molar-refractivity contribution in [3.05, 3.63) is 59.2 Å². The Kier molecular flexibility index (Phi) is 9.02. The maximum atomic E-state index is 11.3. The summed E-state index contributed by atoms with van der Waals surface area (Å²) in [5.74, 6) is 0.734. The van der Waals surface area contributed by atoms with Crippen molar-refractivity contribution in [2.75, 3.05) is 20.8 Å². The second-order valence-electron chi connectivity index (χ2n) is 8.39. The summed E-state index contributed by atoms with van der Waals surface area (Å²) in [6.07, 6.45) is 6.51. The van der Waals surface area contributed by atoms with Crippen molar-refractivity contribution < 1.29 is 29.2 Å². The van der Waals surface area contributed by atoms with Crippen LogP contribution in [0.4, 0.5) is 0 Å². The van der Waals surface area contributed by atoms with Gasteiger partial charge < -0.3 is 24.4 Å². The summed E-state index contributed by atoms with van der Waals surface area (Å²) in [6.45, 7) is 2.53. The van der Waals surface area contributed by atoms with Crippen LogP contribution in [-0.2, 0) is 12.8 Å². The van der Waals surface area contributed by atoms with Gasteiger partial charge in [0.1, 0.15) is 17.1 Å². The van der Waals surface area contributed by atoms with Crippen LogP contribution in [0, 0.1) is 0 Å². The first kappa shape index (κ1) is 25.2. The van der Waals surface area contributed by atoms with Crippen LogP contribution >= 0.6 is 0 Å². The molecular formula is C28H34O6. The summed E-state index contributed by atoms with van der Waals surface area (Å²) in [5.41, 5.74) is 1.80. The molecule has 34 heavy (non-hydrogen) atoms. The third-order valence-electron chi connectivity index (χ3n) is 5.99. The quantitative estimate of drug-likeness (QED) is 0.284. The van der Waals surface area contributed by atoms with Gasteiger partial charge in [-0.2, -0.15) is 0 Å². The van der Waals surface area contributed by atoms with Gasteiger partial charge in [0.25, 0.3) is 0 Å². The van der Waals surface area contributed by atoms with Gasteiger partial charge in [0.05, 0.1) is 20.8 Å². The average molecular weight is 467 g/mol. The predicted molar refractivity (Wildman–Crippen MR) is 134 cm³/mol. The SMILES string of the molecule is CCCc1c(OCCCCCCc2ccc3cc(OC)c(OC)cc3c2)ccc(C(=O)O)c1O. The van der Waals surface area contributed by atoms with Gasteiger partial charge in [-0.3, -0.25) is 0 Å². The number of benzene rings is 3. The number of aromatic carboxylic acids is 1. The molecule has 2 N–H and O–H groups in total. The largest absolute Gasteiger partial charge is 0.507 e. The minimum atomic E-state index is -1.13. The van der Waals surface area contributed by atoms with Crippen LogP contribution in [0.2, 0.25) is 0 Å². The average Bonchev–Trinajstić information content (AvgIpc) is 2.84. The number of rotatable bonds is 13. The first-order valence-corrected chi connectivity index (χ1v) is 11.8. The predicted octanol–water partition coefficient (Wildman–Crippen LogP) is 6.40. The molecule has 6 heteroatoms. The fourth-order valence-electron chi connectivity index (χ4n) is 4.16. The zero-order valence-corrected chi connectivity index (χ0v) is 20.2. The molecule has 0 aliphatic rings. The number of methoxy groups -OCH3 is 2. The second-order valence-corrected chi connectivity index (χ2v) is 8.39. The molecule has 3 aromatic rings. The molecule has 0 fully saturated rings. The Labute approximate surface area is 201 Å². The number of unbranched alkanes of at least 4 members (excludes halogenated alkanes) is 3. The fraction of sp³-hybridized carbons (Fsp3) is 0.393. The highest BCUT2D eigenvalue weighted by Gasteiger charge is 2.17. The van der Waals surface area contributed by atoms with Crippen LogP contribution in [0.1, 0.15) is 60.5 Å². The number of hydrogen-bond donors (Lipinski definition) is 2. The van der Waals surface area contributed by atoms with Crippen LogP contribution < -0.4 is 14.2 Å². The Hall–Kier alpha value is -3.41. The van der Waals surface area contributed by atoms with Crippen molar-refractivity contribution in [3.8, 4) is 23.0 Å². The third kappa shape index (κ3) is 6.13. The highest BCUT2D eigenvalue weighted by Crippen LogP contribution is 2.34. The molecule has 0 bridgehead atoms. The van der Waals surface area contributed by atoms with Gasteiger partial charge in [-0.25, -0.2) is 4.79 Å². The molecule has 0 heterocycles. The molecule has 0 amide bonds. The van der Waals surface area contributed by atoms with Crippen molar-refractivity contribution in [2.45, 2.75) is 51.9 Å². The summed E-state index contributed by atoms with van der Waals surface area (Å²) < 4.78 is 16.7. The normalized spacial score (nSPS) is 10.9. The Bertz CT molecular complexity index is 1120. The molecular weight excluding hydrogens is 432 g/mol. The van der Waals surface area contributed by atoms with E-state index in [1.807, 2.05) is 19.1 Å². The molecule has 0 spiro atoms. The fourth-order valence-corrected chi connectivity index (χ4v) is 4.16. The van der Waals surface area contributed by atoms with Crippen molar-refractivity contribution >= 4 is 16.7 Å². The van der Waals surface area contributed by atoms with Crippen LogP contribution in [0.3, 0.4) is 0 Å². The number of carboxylic acids is 1. The van der Waals surface area contributed by atoms with Crippen molar-refractivity contribution in [1.29, 1.82) is 0 Å². The van der Waals surface area contributed by atoms with E-state index in [4.69, 9.17) is 14.2 Å². The number of carbonyl (C=O) groups is 1. The molecule has 0 radical (unpaired) electrons. The first-order valence-electron chi connectivity index (χ1n) is 11.8. The summed E-state index contributed by atoms with van der Waals surface area (Å²) in [6, 6.07) is 13.6. The molecule has 0 aromatic heterocycles. The number of hydrogen-bond acceptors (Lipinski definition) is 5. The molecule has 0 saturated heterocycles. The van der Waals surface area contributed by atoms with Crippen LogP contribution in [-0.4, -0.2) is 37.0 Å². The van der Waals surface area contributed by atoms with E-state index in [0.717, 1.165) is 60.8 Å². The van der Waals surface area contributed by atoms with E-state index >= 15 is 0 Å². The van der Waals surface area contributed by atoms with Crippen molar-refractivity contribution in [2.24, 2.45) is 0 Å². The Morgan fingerprint density at radius 2 is 1.53 bits per heavy atom. The number of aryl methyl sites for hydroxylation is 1. The minimum absolute atomic E-state index is 0.0814. The Balaban J connectivity index is 1.46. The zero-order chi connectivity index (χ0) is 24.5. The monoisotopic (exact) mass is 466 g/mol. The molecule has 0 unspecified atom stereocenters. The molecule has 0 aliphatic carbocycles. The lowest BCUT2D eigenvalue weighted by atomic mass is 10.0. The van der Waals surface area contributed by atoms with Gasteiger partial charge in [0, 0.05) is 5.56 Å². The van der Waals surface area contributed by atoms with E-state index in [1.54, 1.807) is 20.3 Å². The lowest BCUT2D eigenvalue weighted by Crippen LogP contribution is -2.04. The standard InChI is InChI=1S/C28H34O6/c1-4-9-22-24(14-13-23(27(22)29)28(30)31)34-15-8-6-5-7-10-19-11-12-20-17-25(32-2)26(33-3)18-21(20)16-19/h11-14,16-18,29H,4-10,15H2,1-3H3,(H,30,31). The van der Waals surface area contributed by atoms with Gasteiger partial charge in [-0.15, -0.1) is 0 Å². The van der Waals surface area contributed by atoms with Gasteiger partial charge in [0.2, 0.25) is 0 Å². The molecule has 6 nitrogen and oxygen atoms in total. The Morgan fingerprint density at radius 3 is 2.21 bits per heavy atom. The number of carboxylic acid groups (broad SMARTS) is 1. The van der Waals surface area contributed by atoms with Crippen LogP contribution in [0.25, 0.3) is 10.8 Å². The smallest absolute Gasteiger partial charge is 0.339 e. The highest BCUT2D eigenvalue weighted by atomic mass is 16.5. The van der Waals surface area contributed by atoms with Gasteiger partial charge >= 0.3 is 5.97 Å². The number of ether oxygens (including phenoxy) is 3. The summed E-state index contributed by atoms with van der Waals surface area (Å²) in [4.78, 5) is 11.3. The number of aromatic hydroxyl groups is 1. The van der Waals surface area contributed by atoms with Crippen molar-refractivity contribution in [3.63, 3.8) is 0 Å². The number of fused-ring (bicyclic) bond motifs is 1. The molecule has 0 aliphatic heterocycles. The van der Waals surface area contributed by atoms with Gasteiger partial charge in [-0.05, 0) is 66.3 Å². The summed E-state index contributed by atoms with van der Waals surface area (Å²) >= 11 is 0. The zero-order valence-electron chi connectivity index (χ0n) is 20.2. The summed E-state index contributed by atoms with van der Waals surface area (Å²) in [7, 11) is 3.29. The second kappa shape index (κ2) is 12.2. The lowest BCUT2D eigenvalue weighted by Gasteiger charge is -2.14. The van der Waals surface area contributed by atoms with E-state index in [2.05, 4.69) is 18.2 Å².